The molecule has 0 amide bonds. The zero-order valence-corrected chi connectivity index (χ0v) is 9.47. The molecule has 1 heterocycles. The minimum Gasteiger partial charge on any atom is -0.399 e. The molecule has 0 aliphatic heterocycles. The second kappa shape index (κ2) is 4.36. The van der Waals surface area contributed by atoms with Crippen molar-refractivity contribution in [3.8, 4) is 0 Å². The second-order valence-corrected chi connectivity index (χ2v) is 4.86. The number of benzene rings is 1. The maximum absolute atomic E-state index is 5.69. The maximum Gasteiger partial charge on any atom is 0.0494 e. The summed E-state index contributed by atoms with van der Waals surface area (Å²) in [6.07, 6.45) is 0. The average Bonchev–Trinajstić information content (AvgIpc) is 2.62. The van der Waals surface area contributed by atoms with Gasteiger partial charge in [0.1, 0.15) is 0 Å². The van der Waals surface area contributed by atoms with Crippen LogP contribution in [0.25, 0.3) is 0 Å². The van der Waals surface area contributed by atoms with Crippen LogP contribution in [0.3, 0.4) is 0 Å². The predicted octanol–water partition coefficient (Wildman–Crippen LogP) is 3.25. The van der Waals surface area contributed by atoms with E-state index < -0.39 is 0 Å². The fraction of sp³-hybridized carbons (Fsp3) is 0.167. The van der Waals surface area contributed by atoms with Crippen molar-refractivity contribution in [1.82, 2.24) is 0 Å². The molecule has 0 bridgehead atoms. The summed E-state index contributed by atoms with van der Waals surface area (Å²) < 4.78 is 0. The number of nitrogens with two attached hydrogens (primary N) is 1. The largest absolute Gasteiger partial charge is 0.399 e. The van der Waals surface area contributed by atoms with E-state index in [0.717, 1.165) is 17.9 Å². The number of nitrogens with one attached hydrogen (secondary N) is 1. The summed E-state index contributed by atoms with van der Waals surface area (Å²) in [5.74, 6) is 0. The third-order valence-electron chi connectivity index (χ3n) is 2.15. The Hall–Kier alpha value is -1.48. The van der Waals surface area contributed by atoms with Crippen molar-refractivity contribution in [3.05, 3.63) is 46.2 Å². The molecule has 0 unspecified atom stereocenters. The lowest BCUT2D eigenvalue weighted by molar-refractivity contribution is 1.19. The van der Waals surface area contributed by atoms with E-state index in [9.17, 15) is 0 Å². The highest BCUT2D eigenvalue weighted by Gasteiger charge is 1.97. The fourth-order valence-electron chi connectivity index (χ4n) is 1.42. The molecule has 0 spiro atoms. The van der Waals surface area contributed by atoms with Crippen molar-refractivity contribution in [2.24, 2.45) is 0 Å². The van der Waals surface area contributed by atoms with Crippen LogP contribution in [0.5, 0.6) is 0 Å². The zero-order chi connectivity index (χ0) is 10.7. The number of hydrogen-bond donors (Lipinski definition) is 2. The Kier molecular flexibility index (Phi) is 2.92. The van der Waals surface area contributed by atoms with Crippen molar-refractivity contribution in [2.75, 3.05) is 11.1 Å². The average molecular weight is 218 g/mol. The topological polar surface area (TPSA) is 38.0 Å². The highest BCUT2D eigenvalue weighted by atomic mass is 32.1. The number of nitrogen functional groups attached to an aromatic ring is 1. The van der Waals surface area contributed by atoms with Gasteiger partial charge in [-0.25, -0.2) is 0 Å². The minimum absolute atomic E-state index is 0.794. The zero-order valence-electron chi connectivity index (χ0n) is 8.66. The van der Waals surface area contributed by atoms with Gasteiger partial charge in [0, 0.05) is 27.7 Å². The fourth-order valence-corrected chi connectivity index (χ4v) is 2.25. The van der Waals surface area contributed by atoms with E-state index in [1.54, 1.807) is 0 Å². The molecule has 1 aromatic heterocycles. The monoisotopic (exact) mass is 218 g/mol. The van der Waals surface area contributed by atoms with E-state index in [4.69, 9.17) is 5.73 Å². The number of anilines is 2. The van der Waals surface area contributed by atoms with Crippen LogP contribution in [0.4, 0.5) is 11.4 Å². The standard InChI is InChI=1S/C12H14N2S/c1-9-5-6-12(15-9)8-14-11-4-2-3-10(13)7-11/h2-7,14H,8,13H2,1H3. The highest BCUT2D eigenvalue weighted by molar-refractivity contribution is 7.11. The van der Waals surface area contributed by atoms with Crippen LogP contribution in [-0.4, -0.2) is 0 Å². The van der Waals surface area contributed by atoms with E-state index in [2.05, 4.69) is 24.4 Å². The Morgan fingerprint density at radius 3 is 2.80 bits per heavy atom. The van der Waals surface area contributed by atoms with Crippen LogP contribution in [0, 0.1) is 6.92 Å². The maximum atomic E-state index is 5.69. The predicted molar refractivity (Wildman–Crippen MR) is 67.2 cm³/mol. The van der Waals surface area contributed by atoms with Gasteiger partial charge in [-0.05, 0) is 37.3 Å². The first-order valence-corrected chi connectivity index (χ1v) is 5.70. The van der Waals surface area contributed by atoms with Crippen molar-refractivity contribution >= 4 is 22.7 Å². The number of hydrogen-bond acceptors (Lipinski definition) is 3. The lowest BCUT2D eigenvalue weighted by Gasteiger charge is -2.05. The highest BCUT2D eigenvalue weighted by Crippen LogP contribution is 2.18. The van der Waals surface area contributed by atoms with Crippen LogP contribution < -0.4 is 11.1 Å². The van der Waals surface area contributed by atoms with Gasteiger partial charge in [-0.15, -0.1) is 11.3 Å². The molecule has 0 atom stereocenters. The third kappa shape index (κ3) is 2.73. The normalized spacial score (nSPS) is 10.2. The smallest absolute Gasteiger partial charge is 0.0494 e. The van der Waals surface area contributed by atoms with Crippen LogP contribution in [0.2, 0.25) is 0 Å². The molecule has 0 saturated heterocycles. The molecule has 0 saturated carbocycles. The SMILES string of the molecule is Cc1ccc(CNc2cccc(N)c2)s1. The van der Waals surface area contributed by atoms with Gasteiger partial charge >= 0.3 is 0 Å². The molecule has 0 fully saturated rings. The molecule has 3 N–H and O–H groups in total. The van der Waals surface area contributed by atoms with Gasteiger partial charge in [0.2, 0.25) is 0 Å². The van der Waals surface area contributed by atoms with Crippen molar-refractivity contribution < 1.29 is 0 Å². The van der Waals surface area contributed by atoms with Gasteiger partial charge in [0.05, 0.1) is 0 Å². The van der Waals surface area contributed by atoms with E-state index in [0.29, 0.717) is 0 Å². The molecule has 15 heavy (non-hydrogen) atoms. The first-order valence-electron chi connectivity index (χ1n) is 4.89. The Labute approximate surface area is 93.7 Å². The molecular formula is C12H14N2S. The number of aryl methyl sites for hydroxylation is 1. The minimum atomic E-state index is 0.794. The van der Waals surface area contributed by atoms with Crippen molar-refractivity contribution in [2.45, 2.75) is 13.5 Å². The molecule has 78 valence electrons. The Morgan fingerprint density at radius 1 is 1.27 bits per heavy atom. The van der Waals surface area contributed by atoms with E-state index >= 15 is 0 Å². The first-order chi connectivity index (χ1) is 7.24. The van der Waals surface area contributed by atoms with Crippen molar-refractivity contribution in [1.29, 1.82) is 0 Å². The number of rotatable bonds is 3. The van der Waals surface area contributed by atoms with E-state index in [-0.39, 0.29) is 0 Å². The molecule has 2 rings (SSSR count). The molecule has 0 aliphatic carbocycles. The Bertz CT molecular complexity index is 448. The summed E-state index contributed by atoms with van der Waals surface area (Å²) in [5, 5.41) is 3.35. The Morgan fingerprint density at radius 2 is 2.13 bits per heavy atom. The molecule has 0 aliphatic rings. The Balaban J connectivity index is 1.99. The summed E-state index contributed by atoms with van der Waals surface area (Å²) in [7, 11) is 0. The molecule has 0 radical (unpaired) electrons. The third-order valence-corrected chi connectivity index (χ3v) is 3.15. The summed E-state index contributed by atoms with van der Waals surface area (Å²) in [6.45, 7) is 2.98. The van der Waals surface area contributed by atoms with Gasteiger partial charge in [-0.3, -0.25) is 0 Å². The summed E-state index contributed by atoms with van der Waals surface area (Å²) >= 11 is 1.82. The molecular weight excluding hydrogens is 204 g/mol. The summed E-state index contributed by atoms with van der Waals surface area (Å²) in [4.78, 5) is 2.69. The van der Waals surface area contributed by atoms with Gasteiger partial charge in [0.25, 0.3) is 0 Å². The van der Waals surface area contributed by atoms with Crippen molar-refractivity contribution in [3.63, 3.8) is 0 Å². The molecule has 2 nitrogen and oxygen atoms in total. The lowest BCUT2D eigenvalue weighted by atomic mass is 10.3. The summed E-state index contributed by atoms with van der Waals surface area (Å²) in [6, 6.07) is 12.1. The molecule has 3 heteroatoms. The second-order valence-electron chi connectivity index (χ2n) is 3.49. The van der Waals surface area contributed by atoms with Crippen LogP contribution >= 0.6 is 11.3 Å². The van der Waals surface area contributed by atoms with E-state index in [1.165, 1.54) is 9.75 Å². The van der Waals surface area contributed by atoms with Gasteiger partial charge in [-0.1, -0.05) is 6.07 Å². The lowest BCUT2D eigenvalue weighted by Crippen LogP contribution is -1.97. The van der Waals surface area contributed by atoms with Gasteiger partial charge in [0.15, 0.2) is 0 Å². The van der Waals surface area contributed by atoms with Crippen LogP contribution in [-0.2, 0) is 6.54 Å². The molecule has 2 aromatic rings. The summed E-state index contributed by atoms with van der Waals surface area (Å²) in [5.41, 5.74) is 7.56. The number of thiophene rings is 1. The van der Waals surface area contributed by atoms with Gasteiger partial charge in [-0.2, -0.15) is 0 Å². The molecule has 1 aromatic carbocycles. The van der Waals surface area contributed by atoms with Crippen LogP contribution in [0.1, 0.15) is 9.75 Å². The van der Waals surface area contributed by atoms with Crippen LogP contribution in [0.15, 0.2) is 36.4 Å². The quantitative estimate of drug-likeness (QED) is 0.776. The van der Waals surface area contributed by atoms with Gasteiger partial charge < -0.3 is 11.1 Å². The first kappa shape index (κ1) is 10.1. The van der Waals surface area contributed by atoms with E-state index in [1.807, 2.05) is 35.6 Å².